The molecule has 0 aliphatic carbocycles. The van der Waals surface area contributed by atoms with E-state index < -0.39 is 5.97 Å². The number of anilines is 1. The molecule has 0 saturated heterocycles. The van der Waals surface area contributed by atoms with Crippen molar-refractivity contribution in [3.05, 3.63) is 29.3 Å². The van der Waals surface area contributed by atoms with E-state index in [1.54, 1.807) is 24.1 Å². The summed E-state index contributed by atoms with van der Waals surface area (Å²) in [4.78, 5) is 25.3. The number of amides is 1. The maximum atomic E-state index is 12.3. The lowest BCUT2D eigenvalue weighted by Crippen LogP contribution is -2.37. The lowest BCUT2D eigenvalue weighted by atomic mass is 9.96. The average Bonchev–Trinajstić information content (AvgIpc) is 2.50. The number of rotatable bonds is 6. The van der Waals surface area contributed by atoms with Crippen LogP contribution in [0.25, 0.3) is 0 Å². The van der Waals surface area contributed by atoms with Crippen molar-refractivity contribution < 1.29 is 19.4 Å². The maximum absolute atomic E-state index is 12.3. The average molecular weight is 309 g/mol. The molecule has 1 amide bonds. The van der Waals surface area contributed by atoms with E-state index in [-0.39, 0.29) is 5.91 Å². The molecule has 1 aliphatic rings. The molecular weight excluding hydrogens is 290 g/mol. The molecule has 1 N–H and O–H groups in total. The van der Waals surface area contributed by atoms with Gasteiger partial charge in [0.1, 0.15) is 0 Å². The third kappa shape index (κ3) is 3.77. The van der Waals surface area contributed by atoms with Crippen LogP contribution in [0, 0.1) is 0 Å². The van der Waals surface area contributed by atoms with E-state index >= 15 is 0 Å². The van der Waals surface area contributed by atoms with Gasteiger partial charge in [-0.25, -0.2) is 4.79 Å². The summed E-state index contributed by atoms with van der Waals surface area (Å²) in [6.07, 6.45) is 1.50. The minimum atomic E-state index is -0.935. The Kier molecular flexibility index (Phi) is 5.64. The lowest BCUT2D eigenvalue weighted by Gasteiger charge is -2.30. The second kappa shape index (κ2) is 7.47. The van der Waals surface area contributed by atoms with Gasteiger partial charge >= 0.3 is 5.97 Å². The summed E-state index contributed by atoms with van der Waals surface area (Å²) in [6, 6.07) is 5.13. The van der Waals surface area contributed by atoms with Gasteiger partial charge in [-0.15, -0.1) is 11.8 Å². The highest BCUT2D eigenvalue weighted by molar-refractivity contribution is 7.99. The number of nitrogens with zero attached hydrogens (tertiary/aromatic N) is 1. The fourth-order valence-electron chi connectivity index (χ4n) is 2.46. The highest BCUT2D eigenvalue weighted by Crippen LogP contribution is 2.30. The number of fused-ring (bicyclic) bond motifs is 1. The van der Waals surface area contributed by atoms with Crippen molar-refractivity contribution in [3.8, 4) is 0 Å². The third-order valence-electron chi connectivity index (χ3n) is 3.44. The molecule has 0 atom stereocenters. The molecule has 1 aromatic carbocycles. The number of carboxylic acid groups (broad SMARTS) is 1. The summed E-state index contributed by atoms with van der Waals surface area (Å²) < 4.78 is 4.96. The summed E-state index contributed by atoms with van der Waals surface area (Å²) in [7, 11) is 1.64. The van der Waals surface area contributed by atoms with E-state index in [9.17, 15) is 14.7 Å². The standard InChI is InChI=1S/C15H19NO4S/c1-20-8-9-21-10-14(17)16-7-3-5-11-12(15(18)19)4-2-6-13(11)16/h2,4,6H,3,5,7-10H2,1H3,(H,18,19). The van der Waals surface area contributed by atoms with Gasteiger partial charge in [0.2, 0.25) is 5.91 Å². The summed E-state index contributed by atoms with van der Waals surface area (Å²) in [5, 5.41) is 9.24. The summed E-state index contributed by atoms with van der Waals surface area (Å²) >= 11 is 1.53. The zero-order valence-electron chi connectivity index (χ0n) is 12.0. The molecule has 1 heterocycles. The zero-order valence-corrected chi connectivity index (χ0v) is 12.8. The number of hydrogen-bond donors (Lipinski definition) is 1. The Morgan fingerprint density at radius 3 is 2.95 bits per heavy atom. The van der Waals surface area contributed by atoms with Crippen molar-refractivity contribution in [2.45, 2.75) is 12.8 Å². The Balaban J connectivity index is 2.13. The quantitative estimate of drug-likeness (QED) is 0.815. The van der Waals surface area contributed by atoms with Crippen LogP contribution in [-0.4, -0.2) is 48.8 Å². The predicted molar refractivity (Wildman–Crippen MR) is 83.3 cm³/mol. The second-order valence-electron chi connectivity index (χ2n) is 4.80. The monoisotopic (exact) mass is 309 g/mol. The Morgan fingerprint density at radius 1 is 1.43 bits per heavy atom. The first-order chi connectivity index (χ1) is 10.1. The van der Waals surface area contributed by atoms with Crippen molar-refractivity contribution in [1.82, 2.24) is 0 Å². The van der Waals surface area contributed by atoms with Gasteiger partial charge in [0.25, 0.3) is 0 Å². The fourth-order valence-corrected chi connectivity index (χ4v) is 3.22. The molecule has 0 aromatic heterocycles. The van der Waals surface area contributed by atoms with Gasteiger partial charge < -0.3 is 14.7 Å². The lowest BCUT2D eigenvalue weighted by molar-refractivity contribution is -0.116. The van der Waals surface area contributed by atoms with Crippen LogP contribution in [0.3, 0.4) is 0 Å². The summed E-state index contributed by atoms with van der Waals surface area (Å²) in [5.41, 5.74) is 1.82. The van der Waals surface area contributed by atoms with Crippen molar-refractivity contribution in [3.63, 3.8) is 0 Å². The number of carboxylic acids is 1. The molecule has 1 aromatic rings. The van der Waals surface area contributed by atoms with E-state index in [2.05, 4.69) is 0 Å². The van der Waals surface area contributed by atoms with Crippen LogP contribution < -0.4 is 4.90 Å². The van der Waals surface area contributed by atoms with E-state index in [1.165, 1.54) is 11.8 Å². The largest absolute Gasteiger partial charge is 0.478 e. The SMILES string of the molecule is COCCSCC(=O)N1CCCc2c(C(=O)O)cccc21. The molecular formula is C15H19NO4S. The fraction of sp³-hybridized carbons (Fsp3) is 0.467. The number of hydrogen-bond acceptors (Lipinski definition) is 4. The molecule has 21 heavy (non-hydrogen) atoms. The predicted octanol–water partition coefficient (Wildman–Crippen LogP) is 2.04. The van der Waals surface area contributed by atoms with Gasteiger partial charge in [-0.2, -0.15) is 0 Å². The Labute approximate surface area is 128 Å². The topological polar surface area (TPSA) is 66.8 Å². The summed E-state index contributed by atoms with van der Waals surface area (Å²) in [5.74, 6) is 0.258. The Morgan fingerprint density at radius 2 is 2.24 bits per heavy atom. The van der Waals surface area contributed by atoms with E-state index in [1.807, 2.05) is 6.07 Å². The second-order valence-corrected chi connectivity index (χ2v) is 5.91. The molecule has 2 rings (SSSR count). The van der Waals surface area contributed by atoms with Crippen LogP contribution in [0.1, 0.15) is 22.3 Å². The molecule has 0 radical (unpaired) electrons. The van der Waals surface area contributed by atoms with Crippen molar-refractivity contribution >= 4 is 29.3 Å². The van der Waals surface area contributed by atoms with Crippen LogP contribution in [0.5, 0.6) is 0 Å². The Hall–Kier alpha value is -1.53. The van der Waals surface area contributed by atoms with Crippen molar-refractivity contribution in [1.29, 1.82) is 0 Å². The molecule has 5 nitrogen and oxygen atoms in total. The molecule has 0 saturated carbocycles. The molecule has 0 bridgehead atoms. The van der Waals surface area contributed by atoms with Crippen LogP contribution >= 0.6 is 11.8 Å². The Bertz CT molecular complexity index is 532. The van der Waals surface area contributed by atoms with Crippen LogP contribution in [0.2, 0.25) is 0 Å². The van der Waals surface area contributed by atoms with Gasteiger partial charge in [0, 0.05) is 25.1 Å². The molecule has 0 unspecified atom stereocenters. The first kappa shape index (κ1) is 15.9. The molecule has 0 spiro atoms. The summed E-state index contributed by atoms with van der Waals surface area (Å²) in [6.45, 7) is 1.28. The molecule has 0 fully saturated rings. The van der Waals surface area contributed by atoms with Gasteiger partial charge in [-0.05, 0) is 30.5 Å². The number of benzene rings is 1. The van der Waals surface area contributed by atoms with E-state index in [0.29, 0.717) is 30.9 Å². The first-order valence-electron chi connectivity index (χ1n) is 6.87. The number of carbonyl (C=O) groups is 2. The molecule has 1 aliphatic heterocycles. The van der Waals surface area contributed by atoms with Gasteiger partial charge in [0.15, 0.2) is 0 Å². The van der Waals surface area contributed by atoms with Gasteiger partial charge in [-0.1, -0.05) is 6.07 Å². The smallest absolute Gasteiger partial charge is 0.336 e. The normalized spacial score (nSPS) is 13.9. The van der Waals surface area contributed by atoms with Crippen molar-refractivity contribution in [2.75, 3.05) is 36.7 Å². The number of ether oxygens (including phenoxy) is 1. The highest BCUT2D eigenvalue weighted by Gasteiger charge is 2.25. The highest BCUT2D eigenvalue weighted by atomic mass is 32.2. The van der Waals surface area contributed by atoms with Crippen LogP contribution in [0.15, 0.2) is 18.2 Å². The van der Waals surface area contributed by atoms with Crippen LogP contribution in [0.4, 0.5) is 5.69 Å². The maximum Gasteiger partial charge on any atom is 0.336 e. The van der Waals surface area contributed by atoms with Crippen LogP contribution in [-0.2, 0) is 16.0 Å². The van der Waals surface area contributed by atoms with Gasteiger partial charge in [-0.3, -0.25) is 4.79 Å². The van der Waals surface area contributed by atoms with E-state index in [0.717, 1.165) is 23.4 Å². The number of aromatic carboxylic acids is 1. The minimum Gasteiger partial charge on any atom is -0.478 e. The number of carbonyl (C=O) groups excluding carboxylic acids is 1. The number of methoxy groups -OCH3 is 1. The number of thioether (sulfide) groups is 1. The molecule has 114 valence electrons. The third-order valence-corrected chi connectivity index (χ3v) is 4.35. The van der Waals surface area contributed by atoms with Gasteiger partial charge in [0.05, 0.1) is 17.9 Å². The zero-order chi connectivity index (χ0) is 15.2. The van der Waals surface area contributed by atoms with Crippen molar-refractivity contribution in [2.24, 2.45) is 0 Å². The minimum absolute atomic E-state index is 0.0274. The van der Waals surface area contributed by atoms with E-state index in [4.69, 9.17) is 4.74 Å². The first-order valence-corrected chi connectivity index (χ1v) is 8.03. The molecule has 6 heteroatoms.